The number of imidazole rings is 1. The van der Waals surface area contributed by atoms with Gasteiger partial charge >= 0.3 is 0 Å². The molecule has 1 aliphatic heterocycles. The van der Waals surface area contributed by atoms with Crippen LogP contribution in [0, 0.1) is 0 Å². The monoisotopic (exact) mass is 385 g/mol. The maximum atomic E-state index is 12.8. The minimum atomic E-state index is -0.137. The molecule has 0 spiro atoms. The molecule has 0 aliphatic carbocycles. The molecule has 6 heteroatoms. The largest absolute Gasteiger partial charge is 0.486 e. The highest BCUT2D eigenvalue weighted by molar-refractivity contribution is 5.93. The second-order valence-corrected chi connectivity index (χ2v) is 6.78. The van der Waals surface area contributed by atoms with Crippen LogP contribution in [0.2, 0.25) is 0 Å². The van der Waals surface area contributed by atoms with Gasteiger partial charge in [-0.15, -0.1) is 0 Å². The molecule has 0 saturated carbocycles. The fourth-order valence-corrected chi connectivity index (χ4v) is 3.51. The number of hydrogen-bond donors (Lipinski definition) is 1. The second kappa shape index (κ2) is 7.31. The van der Waals surface area contributed by atoms with E-state index in [0.717, 1.165) is 22.4 Å². The predicted octanol–water partition coefficient (Wildman–Crippen LogP) is 4.11. The van der Waals surface area contributed by atoms with E-state index >= 15 is 0 Å². The zero-order valence-electron chi connectivity index (χ0n) is 15.7. The maximum Gasteiger partial charge on any atom is 0.244 e. The molecule has 3 aromatic carbocycles. The van der Waals surface area contributed by atoms with Gasteiger partial charge in [0.15, 0.2) is 11.5 Å². The summed E-state index contributed by atoms with van der Waals surface area (Å²) < 4.78 is 13.1. The molecule has 0 unspecified atom stereocenters. The van der Waals surface area contributed by atoms with Gasteiger partial charge in [0.05, 0.1) is 11.0 Å². The van der Waals surface area contributed by atoms with Crippen LogP contribution in [0.25, 0.3) is 22.4 Å². The van der Waals surface area contributed by atoms with Gasteiger partial charge in [-0.1, -0.05) is 42.5 Å². The van der Waals surface area contributed by atoms with E-state index in [1.165, 1.54) is 0 Å². The Hall–Kier alpha value is -3.80. The van der Waals surface area contributed by atoms with E-state index in [9.17, 15) is 4.79 Å². The molecule has 6 nitrogen and oxygen atoms in total. The summed E-state index contributed by atoms with van der Waals surface area (Å²) in [5.41, 5.74) is 3.42. The number of fused-ring (bicyclic) bond motifs is 2. The van der Waals surface area contributed by atoms with Crippen molar-refractivity contribution in [1.29, 1.82) is 0 Å². The first-order valence-electron chi connectivity index (χ1n) is 9.48. The highest BCUT2D eigenvalue weighted by Gasteiger charge is 2.16. The standard InChI is InChI=1S/C23H19N3O3/c27-22(24-17-10-11-20-21(14-17)29-13-12-28-20)15-26-19-9-5-4-8-18(19)25-23(26)16-6-2-1-3-7-16/h1-11,14H,12-13,15H2,(H,24,27). The van der Waals surface area contributed by atoms with Gasteiger partial charge in [-0.05, 0) is 24.3 Å². The third-order valence-corrected chi connectivity index (χ3v) is 4.81. The van der Waals surface area contributed by atoms with E-state index in [1.807, 2.05) is 71.3 Å². The Morgan fingerprint density at radius 3 is 2.55 bits per heavy atom. The average molecular weight is 385 g/mol. The fourth-order valence-electron chi connectivity index (χ4n) is 3.51. The molecule has 144 valence electrons. The minimum Gasteiger partial charge on any atom is -0.486 e. The van der Waals surface area contributed by atoms with Crippen molar-refractivity contribution in [2.75, 3.05) is 18.5 Å². The zero-order chi connectivity index (χ0) is 19.6. The van der Waals surface area contributed by atoms with Gasteiger partial charge in [0.1, 0.15) is 25.6 Å². The number of nitrogens with zero attached hydrogens (tertiary/aromatic N) is 2. The summed E-state index contributed by atoms with van der Waals surface area (Å²) in [5.74, 6) is 1.97. The van der Waals surface area contributed by atoms with Crippen molar-refractivity contribution in [2.24, 2.45) is 0 Å². The highest BCUT2D eigenvalue weighted by Crippen LogP contribution is 2.32. The zero-order valence-corrected chi connectivity index (χ0v) is 15.7. The van der Waals surface area contributed by atoms with Gasteiger partial charge in [0.25, 0.3) is 0 Å². The molecule has 29 heavy (non-hydrogen) atoms. The second-order valence-electron chi connectivity index (χ2n) is 6.78. The third-order valence-electron chi connectivity index (χ3n) is 4.81. The van der Waals surface area contributed by atoms with Crippen LogP contribution in [-0.2, 0) is 11.3 Å². The van der Waals surface area contributed by atoms with E-state index < -0.39 is 0 Å². The van der Waals surface area contributed by atoms with Crippen molar-refractivity contribution in [1.82, 2.24) is 9.55 Å². The van der Waals surface area contributed by atoms with Gasteiger partial charge in [0.2, 0.25) is 5.91 Å². The molecule has 1 amide bonds. The summed E-state index contributed by atoms with van der Waals surface area (Å²) in [6.07, 6.45) is 0. The Morgan fingerprint density at radius 1 is 0.931 bits per heavy atom. The van der Waals surface area contributed by atoms with Crippen LogP contribution in [-0.4, -0.2) is 28.7 Å². The smallest absolute Gasteiger partial charge is 0.244 e. The molecule has 1 aliphatic rings. The van der Waals surface area contributed by atoms with E-state index in [0.29, 0.717) is 30.4 Å². The van der Waals surface area contributed by atoms with Gasteiger partial charge in [0, 0.05) is 17.3 Å². The number of para-hydroxylation sites is 2. The lowest BCUT2D eigenvalue weighted by atomic mass is 10.2. The van der Waals surface area contributed by atoms with E-state index in [1.54, 1.807) is 6.07 Å². The lowest BCUT2D eigenvalue weighted by Crippen LogP contribution is -2.20. The molecule has 0 fully saturated rings. The summed E-state index contributed by atoms with van der Waals surface area (Å²) in [6.45, 7) is 1.19. The molecule has 0 atom stereocenters. The summed E-state index contributed by atoms with van der Waals surface area (Å²) >= 11 is 0. The average Bonchev–Trinajstić information content (AvgIpc) is 3.12. The first-order valence-corrected chi connectivity index (χ1v) is 9.48. The number of nitrogens with one attached hydrogen (secondary N) is 1. The summed E-state index contributed by atoms with van der Waals surface area (Å²) in [4.78, 5) is 17.6. The van der Waals surface area contributed by atoms with E-state index in [4.69, 9.17) is 14.5 Å². The van der Waals surface area contributed by atoms with Crippen LogP contribution in [0.4, 0.5) is 5.69 Å². The number of carbonyl (C=O) groups excluding carboxylic acids is 1. The number of rotatable bonds is 4. The third kappa shape index (κ3) is 3.40. The number of hydrogen-bond acceptors (Lipinski definition) is 4. The van der Waals surface area contributed by atoms with Crippen molar-refractivity contribution in [2.45, 2.75) is 6.54 Å². The Bertz CT molecular complexity index is 1180. The van der Waals surface area contributed by atoms with Crippen LogP contribution in [0.15, 0.2) is 72.8 Å². The fraction of sp³-hybridized carbons (Fsp3) is 0.130. The molecular weight excluding hydrogens is 366 g/mol. The molecule has 0 radical (unpaired) electrons. The van der Waals surface area contributed by atoms with E-state index in [2.05, 4.69) is 5.32 Å². The molecule has 0 bridgehead atoms. The first-order chi connectivity index (χ1) is 14.3. The van der Waals surface area contributed by atoms with Gasteiger partial charge < -0.3 is 19.4 Å². The van der Waals surface area contributed by atoms with Crippen molar-refractivity contribution in [3.8, 4) is 22.9 Å². The van der Waals surface area contributed by atoms with Crippen molar-refractivity contribution < 1.29 is 14.3 Å². The number of ether oxygens (including phenoxy) is 2. The number of carbonyl (C=O) groups is 1. The lowest BCUT2D eigenvalue weighted by Gasteiger charge is -2.19. The first kappa shape index (κ1) is 17.3. The maximum absolute atomic E-state index is 12.8. The van der Waals surface area contributed by atoms with Crippen molar-refractivity contribution in [3.63, 3.8) is 0 Å². The predicted molar refractivity (Wildman–Crippen MR) is 111 cm³/mol. The molecule has 0 saturated heterocycles. The summed E-state index contributed by atoms with van der Waals surface area (Å²) in [5, 5.41) is 2.95. The van der Waals surface area contributed by atoms with Crippen molar-refractivity contribution >= 4 is 22.6 Å². The van der Waals surface area contributed by atoms with Crippen LogP contribution < -0.4 is 14.8 Å². The molecule has 2 heterocycles. The Labute approximate surface area is 167 Å². The van der Waals surface area contributed by atoms with Gasteiger partial charge in [-0.3, -0.25) is 4.79 Å². The number of aromatic nitrogens is 2. The number of anilines is 1. The van der Waals surface area contributed by atoms with Crippen LogP contribution in [0.3, 0.4) is 0 Å². The molecule has 1 N–H and O–H groups in total. The lowest BCUT2D eigenvalue weighted by molar-refractivity contribution is -0.116. The van der Waals surface area contributed by atoms with Crippen LogP contribution in [0.5, 0.6) is 11.5 Å². The molecule has 5 rings (SSSR count). The summed E-state index contributed by atoms with van der Waals surface area (Å²) in [6, 6.07) is 23.1. The minimum absolute atomic E-state index is 0.137. The van der Waals surface area contributed by atoms with Gasteiger partial charge in [-0.25, -0.2) is 4.98 Å². The van der Waals surface area contributed by atoms with Crippen LogP contribution >= 0.6 is 0 Å². The van der Waals surface area contributed by atoms with Gasteiger partial charge in [-0.2, -0.15) is 0 Å². The van der Waals surface area contributed by atoms with Crippen LogP contribution in [0.1, 0.15) is 0 Å². The normalized spacial score (nSPS) is 12.7. The molecular formula is C23H19N3O3. The Kier molecular flexibility index (Phi) is 4.37. The molecule has 4 aromatic rings. The van der Waals surface area contributed by atoms with Crippen molar-refractivity contribution in [3.05, 3.63) is 72.8 Å². The number of benzene rings is 3. The topological polar surface area (TPSA) is 65.4 Å². The Morgan fingerprint density at radius 2 is 1.69 bits per heavy atom. The number of amides is 1. The van der Waals surface area contributed by atoms with E-state index in [-0.39, 0.29) is 12.5 Å². The summed E-state index contributed by atoms with van der Waals surface area (Å²) in [7, 11) is 0. The quantitative estimate of drug-likeness (QED) is 0.574. The highest BCUT2D eigenvalue weighted by atomic mass is 16.6. The molecule has 1 aromatic heterocycles. The SMILES string of the molecule is O=C(Cn1c(-c2ccccc2)nc2ccccc21)Nc1ccc2c(c1)OCCO2. The Balaban J connectivity index is 1.44.